The fourth-order valence-corrected chi connectivity index (χ4v) is 4.89. The minimum atomic E-state index is -0.0582. The molecule has 2 saturated heterocycles. The molecule has 7 heteroatoms. The number of aryl methyl sites for hydroxylation is 1. The van der Waals surface area contributed by atoms with Crippen molar-refractivity contribution in [1.29, 1.82) is 0 Å². The molecule has 0 saturated carbocycles. The number of carbonyl (C=O) groups excluding carboxylic acids is 1. The zero-order chi connectivity index (χ0) is 17.4. The van der Waals surface area contributed by atoms with E-state index in [4.69, 9.17) is 0 Å². The normalized spacial score (nSPS) is 22.0. The molecular weight excluding hydrogens is 336 g/mol. The lowest BCUT2D eigenvalue weighted by Gasteiger charge is -2.36. The van der Waals surface area contributed by atoms with Gasteiger partial charge in [0.2, 0.25) is 5.91 Å². The van der Waals surface area contributed by atoms with Crippen molar-refractivity contribution in [2.75, 3.05) is 19.6 Å². The number of amides is 1. The van der Waals surface area contributed by atoms with E-state index in [1.165, 1.54) is 11.3 Å². The highest BCUT2D eigenvalue weighted by molar-refractivity contribution is 7.15. The lowest BCUT2D eigenvalue weighted by molar-refractivity contribution is -0.137. The SMILES string of the molecule is Cc1csc2nc(CN3CCCCC3C(=O)N3CCCC3)cc(=O)n12. The molecule has 134 valence electrons. The summed E-state index contributed by atoms with van der Waals surface area (Å²) in [5.41, 5.74) is 1.66. The summed E-state index contributed by atoms with van der Waals surface area (Å²) in [5, 5.41) is 1.95. The first-order chi connectivity index (χ1) is 12.1. The summed E-state index contributed by atoms with van der Waals surface area (Å²) in [6, 6.07) is 1.57. The van der Waals surface area contributed by atoms with Gasteiger partial charge in [-0.05, 0) is 39.2 Å². The molecule has 6 nitrogen and oxygen atoms in total. The van der Waals surface area contributed by atoms with Gasteiger partial charge in [-0.15, -0.1) is 11.3 Å². The number of hydrogen-bond donors (Lipinski definition) is 0. The Morgan fingerprint density at radius 3 is 2.80 bits per heavy atom. The molecule has 1 amide bonds. The zero-order valence-electron chi connectivity index (χ0n) is 14.6. The van der Waals surface area contributed by atoms with E-state index in [1.807, 2.05) is 17.2 Å². The molecule has 2 aromatic rings. The maximum absolute atomic E-state index is 12.9. The number of thiazole rings is 1. The maximum atomic E-state index is 12.9. The second kappa shape index (κ2) is 6.88. The van der Waals surface area contributed by atoms with Gasteiger partial charge in [0, 0.05) is 36.8 Å². The fourth-order valence-electron chi connectivity index (χ4n) is 4.00. The molecule has 25 heavy (non-hydrogen) atoms. The monoisotopic (exact) mass is 360 g/mol. The lowest BCUT2D eigenvalue weighted by atomic mass is 10.0. The van der Waals surface area contributed by atoms with Crippen molar-refractivity contribution in [2.45, 2.75) is 51.6 Å². The Hall–Kier alpha value is -1.73. The minimum absolute atomic E-state index is 0.0295. The molecule has 2 aromatic heterocycles. The number of likely N-dealkylation sites (tertiary alicyclic amines) is 2. The van der Waals surface area contributed by atoms with Gasteiger partial charge in [-0.3, -0.25) is 18.9 Å². The van der Waals surface area contributed by atoms with Crippen molar-refractivity contribution in [3.05, 3.63) is 33.2 Å². The van der Waals surface area contributed by atoms with Gasteiger partial charge in [-0.25, -0.2) is 4.98 Å². The van der Waals surface area contributed by atoms with Crippen LogP contribution in [0.3, 0.4) is 0 Å². The lowest BCUT2D eigenvalue weighted by Crippen LogP contribution is -2.50. The summed E-state index contributed by atoms with van der Waals surface area (Å²) in [6.45, 7) is 5.18. The van der Waals surface area contributed by atoms with Crippen LogP contribution >= 0.6 is 11.3 Å². The van der Waals surface area contributed by atoms with Crippen LogP contribution in [0, 0.1) is 6.92 Å². The van der Waals surface area contributed by atoms with Gasteiger partial charge in [-0.2, -0.15) is 0 Å². The van der Waals surface area contributed by atoms with Gasteiger partial charge in [0.05, 0.1) is 11.7 Å². The number of hydrogen-bond acceptors (Lipinski definition) is 5. The predicted octanol–water partition coefficient (Wildman–Crippen LogP) is 2.04. The smallest absolute Gasteiger partial charge is 0.259 e. The molecule has 2 fully saturated rings. The van der Waals surface area contributed by atoms with Crippen LogP contribution in [-0.4, -0.2) is 50.8 Å². The summed E-state index contributed by atoms with van der Waals surface area (Å²) in [7, 11) is 0. The second-order valence-electron chi connectivity index (χ2n) is 7.10. The van der Waals surface area contributed by atoms with Crippen LogP contribution in [0.2, 0.25) is 0 Å². The largest absolute Gasteiger partial charge is 0.341 e. The van der Waals surface area contributed by atoms with Gasteiger partial charge in [0.25, 0.3) is 5.56 Å². The Labute approximate surface area is 151 Å². The molecule has 2 aliphatic heterocycles. The van der Waals surface area contributed by atoms with Crippen LogP contribution in [0.25, 0.3) is 4.96 Å². The first kappa shape index (κ1) is 16.7. The molecular formula is C18H24N4O2S. The molecule has 0 N–H and O–H groups in total. The molecule has 2 aliphatic rings. The fraction of sp³-hybridized carbons (Fsp3) is 0.611. The van der Waals surface area contributed by atoms with Gasteiger partial charge in [0.15, 0.2) is 4.96 Å². The van der Waals surface area contributed by atoms with E-state index in [0.717, 1.165) is 68.1 Å². The quantitative estimate of drug-likeness (QED) is 0.841. The van der Waals surface area contributed by atoms with Crippen LogP contribution in [-0.2, 0) is 11.3 Å². The minimum Gasteiger partial charge on any atom is -0.341 e. The van der Waals surface area contributed by atoms with Crippen LogP contribution in [0.5, 0.6) is 0 Å². The molecule has 0 radical (unpaired) electrons. The van der Waals surface area contributed by atoms with Gasteiger partial charge in [0.1, 0.15) is 0 Å². The first-order valence-electron chi connectivity index (χ1n) is 9.13. The average molecular weight is 360 g/mol. The van der Waals surface area contributed by atoms with E-state index in [1.54, 1.807) is 10.5 Å². The standard InChI is InChI=1S/C18H24N4O2S/c1-13-12-25-18-19-14(10-16(23)22(13)18)11-21-9-3-2-6-15(21)17(24)20-7-4-5-8-20/h10,12,15H,2-9,11H2,1H3. The van der Waals surface area contributed by atoms with Gasteiger partial charge < -0.3 is 4.90 Å². The molecule has 4 heterocycles. The summed E-state index contributed by atoms with van der Waals surface area (Å²) < 4.78 is 1.65. The molecule has 0 spiro atoms. The van der Waals surface area contributed by atoms with Crippen molar-refractivity contribution in [1.82, 2.24) is 19.2 Å². The topological polar surface area (TPSA) is 57.9 Å². The number of nitrogens with zero attached hydrogens (tertiary/aromatic N) is 4. The maximum Gasteiger partial charge on any atom is 0.259 e. The number of rotatable bonds is 3. The second-order valence-corrected chi connectivity index (χ2v) is 7.93. The first-order valence-corrected chi connectivity index (χ1v) is 10.0. The molecule has 0 aliphatic carbocycles. The van der Waals surface area contributed by atoms with Crippen molar-refractivity contribution >= 4 is 22.2 Å². The summed E-state index contributed by atoms with van der Waals surface area (Å²) >= 11 is 1.49. The van der Waals surface area contributed by atoms with Crippen LogP contribution in [0.4, 0.5) is 0 Å². The highest BCUT2D eigenvalue weighted by Crippen LogP contribution is 2.23. The van der Waals surface area contributed by atoms with E-state index in [-0.39, 0.29) is 17.5 Å². The van der Waals surface area contributed by atoms with Gasteiger partial charge in [-0.1, -0.05) is 6.42 Å². The third-order valence-corrected chi connectivity index (χ3v) is 6.25. The average Bonchev–Trinajstić information content (AvgIpc) is 3.25. The van der Waals surface area contributed by atoms with Crippen molar-refractivity contribution < 1.29 is 4.79 Å². The number of carbonyl (C=O) groups is 1. The molecule has 0 aromatic carbocycles. The Balaban J connectivity index is 1.57. The molecule has 0 bridgehead atoms. The van der Waals surface area contributed by atoms with E-state index < -0.39 is 0 Å². The summed E-state index contributed by atoms with van der Waals surface area (Å²) in [5.74, 6) is 0.266. The van der Waals surface area contributed by atoms with Crippen molar-refractivity contribution in [2.24, 2.45) is 0 Å². The number of fused-ring (bicyclic) bond motifs is 1. The highest BCUT2D eigenvalue weighted by Gasteiger charge is 2.33. The molecule has 1 atom stereocenters. The number of aromatic nitrogens is 2. The van der Waals surface area contributed by atoms with E-state index in [9.17, 15) is 9.59 Å². The third kappa shape index (κ3) is 3.22. The van der Waals surface area contributed by atoms with Crippen LogP contribution in [0.1, 0.15) is 43.5 Å². The zero-order valence-corrected chi connectivity index (χ0v) is 15.4. The third-order valence-electron chi connectivity index (χ3n) is 5.31. The van der Waals surface area contributed by atoms with E-state index >= 15 is 0 Å². The van der Waals surface area contributed by atoms with E-state index in [0.29, 0.717) is 6.54 Å². The summed E-state index contributed by atoms with van der Waals surface area (Å²) in [6.07, 6.45) is 5.34. The van der Waals surface area contributed by atoms with Gasteiger partial charge >= 0.3 is 0 Å². The Morgan fingerprint density at radius 2 is 2.00 bits per heavy atom. The Morgan fingerprint density at radius 1 is 1.24 bits per heavy atom. The summed E-state index contributed by atoms with van der Waals surface area (Å²) in [4.78, 5) is 34.9. The molecule has 4 rings (SSSR count). The predicted molar refractivity (Wildman–Crippen MR) is 97.9 cm³/mol. The highest BCUT2D eigenvalue weighted by atomic mass is 32.1. The number of piperidine rings is 1. The Kier molecular flexibility index (Phi) is 4.60. The Bertz CT molecular complexity index is 837. The van der Waals surface area contributed by atoms with E-state index in [2.05, 4.69) is 9.88 Å². The van der Waals surface area contributed by atoms with Crippen LogP contribution < -0.4 is 5.56 Å². The van der Waals surface area contributed by atoms with Crippen LogP contribution in [0.15, 0.2) is 16.2 Å². The molecule has 1 unspecified atom stereocenters. The van der Waals surface area contributed by atoms with Crippen molar-refractivity contribution in [3.63, 3.8) is 0 Å². The van der Waals surface area contributed by atoms with Crippen molar-refractivity contribution in [3.8, 4) is 0 Å².